The van der Waals surface area contributed by atoms with E-state index in [-0.39, 0.29) is 5.96 Å². The molecular weight excluding hydrogens is 113 g/mol. The highest BCUT2D eigenvalue weighted by atomic mass is 17.1. The van der Waals surface area contributed by atoms with Crippen LogP contribution in [0.5, 0.6) is 0 Å². The fourth-order valence-corrected chi connectivity index (χ4v) is 0.441. The van der Waals surface area contributed by atoms with Crippen molar-refractivity contribution in [3.63, 3.8) is 0 Å². The molecule has 3 heterocycles. The number of guanidine groups is 1. The molecule has 7 heteroatoms. The van der Waals surface area contributed by atoms with E-state index in [0.717, 1.165) is 5.23 Å². The van der Waals surface area contributed by atoms with Crippen LogP contribution in [0.3, 0.4) is 0 Å². The van der Waals surface area contributed by atoms with Gasteiger partial charge in [0, 0.05) is 0 Å². The average molecular weight is 115 g/mol. The molecule has 0 aromatic rings. The van der Waals surface area contributed by atoms with Gasteiger partial charge in [0.05, 0.1) is 0 Å². The van der Waals surface area contributed by atoms with E-state index < -0.39 is 7.32 Å². The minimum atomic E-state index is -0.678. The van der Waals surface area contributed by atoms with E-state index in [4.69, 9.17) is 5.73 Å². The molecule has 0 saturated carbocycles. The van der Waals surface area contributed by atoms with Crippen molar-refractivity contribution < 1.29 is 14.3 Å². The zero-order chi connectivity index (χ0) is 5.56. The molecular formula is CH2BN3O3. The summed E-state index contributed by atoms with van der Waals surface area (Å²) in [5, 5.41) is 4.31. The molecule has 1 saturated heterocycles. The molecule has 42 valence electrons. The van der Waals surface area contributed by atoms with Crippen LogP contribution < -0.4 is 5.73 Å². The van der Waals surface area contributed by atoms with Crippen molar-refractivity contribution in [1.29, 1.82) is 0 Å². The van der Waals surface area contributed by atoms with Gasteiger partial charge in [-0.1, -0.05) is 5.16 Å². The first-order chi connectivity index (χ1) is 3.86. The molecule has 0 aromatic heterocycles. The zero-order valence-corrected chi connectivity index (χ0v) is 3.77. The van der Waals surface area contributed by atoms with E-state index in [1.807, 2.05) is 0 Å². The third kappa shape index (κ3) is 0.322. The molecule has 3 aliphatic rings. The van der Waals surface area contributed by atoms with Gasteiger partial charge < -0.3 is 10.5 Å². The number of nitrogens with two attached hydrogens (primary N) is 1. The Balaban J connectivity index is 2.21. The SMILES string of the molecule is NC1=NOB2ON1O2. The van der Waals surface area contributed by atoms with E-state index in [0.29, 0.717) is 0 Å². The molecule has 0 atom stereocenters. The summed E-state index contributed by atoms with van der Waals surface area (Å²) in [6.45, 7) is 0. The minimum absolute atomic E-state index is 0.0764. The molecule has 0 aliphatic carbocycles. The monoisotopic (exact) mass is 115 g/mol. The minimum Gasteiger partial charge on any atom is -0.399 e. The lowest BCUT2D eigenvalue weighted by molar-refractivity contribution is -0.339. The summed E-state index contributed by atoms with van der Waals surface area (Å²) in [6, 6.07) is 0. The van der Waals surface area contributed by atoms with Crippen molar-refractivity contribution >= 4 is 13.3 Å². The summed E-state index contributed by atoms with van der Waals surface area (Å²) in [5.74, 6) is 0.0764. The van der Waals surface area contributed by atoms with E-state index in [1.54, 1.807) is 0 Å². The van der Waals surface area contributed by atoms with Crippen LogP contribution in [0.2, 0.25) is 0 Å². The molecule has 8 heavy (non-hydrogen) atoms. The standard InChI is InChI=1S/CH2BN3O3/c3-1-4-6-2-7-5(1)8-2/h(H2,3,4). The van der Waals surface area contributed by atoms with Crippen molar-refractivity contribution in [1.82, 2.24) is 5.23 Å². The van der Waals surface area contributed by atoms with Crippen molar-refractivity contribution in [3.8, 4) is 0 Å². The first kappa shape index (κ1) is 3.99. The molecule has 2 N–H and O–H groups in total. The van der Waals surface area contributed by atoms with Crippen molar-refractivity contribution in [3.05, 3.63) is 0 Å². The van der Waals surface area contributed by atoms with Gasteiger partial charge in [0.2, 0.25) is 0 Å². The Kier molecular flexibility index (Phi) is 0.531. The van der Waals surface area contributed by atoms with Gasteiger partial charge in [0.15, 0.2) is 0 Å². The van der Waals surface area contributed by atoms with Crippen LogP contribution in [-0.2, 0) is 14.3 Å². The molecule has 3 aliphatic heterocycles. The largest absolute Gasteiger partial charge is 0.784 e. The molecule has 3 rings (SSSR count). The van der Waals surface area contributed by atoms with Crippen LogP contribution in [0, 0.1) is 0 Å². The second-order valence-electron chi connectivity index (χ2n) is 1.31. The molecule has 2 bridgehead atoms. The summed E-state index contributed by atoms with van der Waals surface area (Å²) in [4.78, 5) is 0. The van der Waals surface area contributed by atoms with Crippen LogP contribution in [0.15, 0.2) is 5.16 Å². The van der Waals surface area contributed by atoms with E-state index in [2.05, 4.69) is 19.4 Å². The maximum absolute atomic E-state index is 5.12. The van der Waals surface area contributed by atoms with Gasteiger partial charge in [-0.25, -0.2) is 9.51 Å². The number of hydrogen-bond acceptors (Lipinski definition) is 6. The van der Waals surface area contributed by atoms with Crippen LogP contribution in [0.4, 0.5) is 0 Å². The summed E-state index contributed by atoms with van der Waals surface area (Å²) in [7, 11) is -0.678. The van der Waals surface area contributed by atoms with Gasteiger partial charge in [0.25, 0.3) is 5.96 Å². The highest BCUT2D eigenvalue weighted by molar-refractivity contribution is 6.39. The van der Waals surface area contributed by atoms with E-state index in [1.165, 1.54) is 0 Å². The fourth-order valence-electron chi connectivity index (χ4n) is 0.441. The van der Waals surface area contributed by atoms with Crippen LogP contribution in [-0.4, -0.2) is 18.5 Å². The molecule has 0 amide bonds. The third-order valence-electron chi connectivity index (χ3n) is 0.783. The lowest BCUT2D eigenvalue weighted by atomic mass is 10.2. The smallest absolute Gasteiger partial charge is 0.399 e. The Morgan fingerprint density at radius 2 is 2.38 bits per heavy atom. The van der Waals surface area contributed by atoms with Gasteiger partial charge in [-0.15, -0.1) is 5.23 Å². The summed E-state index contributed by atoms with van der Waals surface area (Å²) >= 11 is 0. The van der Waals surface area contributed by atoms with Gasteiger partial charge in [-0.3, -0.25) is 0 Å². The Bertz CT molecular complexity index is 141. The van der Waals surface area contributed by atoms with Crippen molar-refractivity contribution in [2.45, 2.75) is 0 Å². The molecule has 0 unspecified atom stereocenters. The van der Waals surface area contributed by atoms with Gasteiger partial charge in [0.1, 0.15) is 0 Å². The maximum atomic E-state index is 5.12. The van der Waals surface area contributed by atoms with E-state index >= 15 is 0 Å². The first-order valence-corrected chi connectivity index (χ1v) is 1.99. The predicted molar refractivity (Wildman–Crippen MR) is 22.5 cm³/mol. The Morgan fingerprint density at radius 3 is 2.62 bits per heavy atom. The number of fused-ring (bicyclic) bond motifs is 1. The molecule has 6 nitrogen and oxygen atoms in total. The van der Waals surface area contributed by atoms with Crippen LogP contribution in [0.25, 0.3) is 0 Å². The molecule has 0 radical (unpaired) electrons. The number of oxime groups is 1. The Labute approximate surface area is 44.9 Å². The maximum Gasteiger partial charge on any atom is 0.784 e. The van der Waals surface area contributed by atoms with Crippen molar-refractivity contribution in [2.24, 2.45) is 10.9 Å². The van der Waals surface area contributed by atoms with Crippen LogP contribution in [0.1, 0.15) is 0 Å². The lowest BCUT2D eigenvalue weighted by Gasteiger charge is -2.34. The summed E-state index contributed by atoms with van der Waals surface area (Å²) in [5.41, 5.74) is 5.12. The number of nitrogens with zero attached hydrogens (tertiary/aromatic N) is 2. The molecule has 0 spiro atoms. The normalized spacial score (nSPS) is 23.8. The predicted octanol–water partition coefficient (Wildman–Crippen LogP) is -1.59. The zero-order valence-electron chi connectivity index (χ0n) is 3.77. The molecule has 0 aromatic carbocycles. The highest BCUT2D eigenvalue weighted by Gasteiger charge is 2.48. The quantitative estimate of drug-likeness (QED) is 0.385. The third-order valence-corrected chi connectivity index (χ3v) is 0.783. The van der Waals surface area contributed by atoms with Crippen LogP contribution >= 0.6 is 0 Å². The van der Waals surface area contributed by atoms with Gasteiger partial charge in [-0.2, -0.15) is 0 Å². The fraction of sp³-hybridized carbons (Fsp3) is 0. The van der Waals surface area contributed by atoms with Gasteiger partial charge in [-0.05, 0) is 0 Å². The van der Waals surface area contributed by atoms with Crippen molar-refractivity contribution in [2.75, 3.05) is 0 Å². The Hall–Kier alpha value is -0.945. The van der Waals surface area contributed by atoms with Gasteiger partial charge >= 0.3 is 7.32 Å². The summed E-state index contributed by atoms with van der Waals surface area (Å²) < 4.78 is 13.7. The highest BCUT2D eigenvalue weighted by Crippen LogP contribution is 2.16. The number of hydroxylamine groups is 2. The number of hydrogen-bond donors (Lipinski definition) is 1. The molecule has 1 fully saturated rings. The van der Waals surface area contributed by atoms with E-state index in [9.17, 15) is 0 Å². The second-order valence-corrected chi connectivity index (χ2v) is 1.31. The first-order valence-electron chi connectivity index (χ1n) is 1.99. The number of rotatable bonds is 0. The average Bonchev–Trinajstić information content (AvgIpc) is 1.62. The summed E-state index contributed by atoms with van der Waals surface area (Å²) in [6.07, 6.45) is 0. The Morgan fingerprint density at radius 1 is 1.62 bits per heavy atom. The second kappa shape index (κ2) is 1.06. The topological polar surface area (TPSA) is 69.3 Å². The lowest BCUT2D eigenvalue weighted by Crippen LogP contribution is -2.59.